The van der Waals surface area contributed by atoms with Crippen LogP contribution in [0, 0.1) is 6.92 Å². The zero-order valence-corrected chi connectivity index (χ0v) is 14.5. The Morgan fingerprint density at radius 1 is 1.04 bits per heavy atom. The third-order valence-electron chi connectivity index (χ3n) is 4.51. The predicted molar refractivity (Wildman–Crippen MR) is 93.1 cm³/mol. The zero-order chi connectivity index (χ0) is 16.6. The van der Waals surface area contributed by atoms with Crippen molar-refractivity contribution in [2.24, 2.45) is 0 Å². The summed E-state index contributed by atoms with van der Waals surface area (Å²) < 4.78 is 27.6. The van der Waals surface area contributed by atoms with E-state index in [4.69, 9.17) is 0 Å². The van der Waals surface area contributed by atoms with E-state index in [2.05, 4.69) is 11.8 Å². The highest BCUT2D eigenvalue weighted by molar-refractivity contribution is 7.89. The lowest BCUT2D eigenvalue weighted by Gasteiger charge is -2.27. The first-order chi connectivity index (χ1) is 10.9. The van der Waals surface area contributed by atoms with E-state index >= 15 is 0 Å². The summed E-state index contributed by atoms with van der Waals surface area (Å²) in [6.07, 6.45) is 0. The Labute approximate surface area is 138 Å². The molecule has 0 spiro atoms. The van der Waals surface area contributed by atoms with Gasteiger partial charge in [0, 0.05) is 31.9 Å². The molecule has 2 aromatic rings. The minimum Gasteiger partial charge on any atom is -0.370 e. The van der Waals surface area contributed by atoms with Crippen LogP contribution >= 0.6 is 0 Å². The van der Waals surface area contributed by atoms with Crippen molar-refractivity contribution >= 4 is 15.7 Å². The van der Waals surface area contributed by atoms with Crippen molar-refractivity contribution in [3.8, 4) is 0 Å². The molecule has 0 bridgehead atoms. The SMILES string of the molecule is Cc1ccc(S(=O)(=O)N2Cc3ccccc3N(C)C(C)C2)cc1. The number of anilines is 1. The quantitative estimate of drug-likeness (QED) is 0.850. The zero-order valence-electron chi connectivity index (χ0n) is 13.7. The van der Waals surface area contributed by atoms with E-state index in [0.717, 1.165) is 16.8 Å². The maximum atomic E-state index is 13.0. The van der Waals surface area contributed by atoms with E-state index in [1.807, 2.05) is 50.4 Å². The van der Waals surface area contributed by atoms with E-state index in [-0.39, 0.29) is 6.04 Å². The molecule has 0 saturated heterocycles. The van der Waals surface area contributed by atoms with Crippen molar-refractivity contribution < 1.29 is 8.42 Å². The van der Waals surface area contributed by atoms with Crippen molar-refractivity contribution in [2.75, 3.05) is 18.5 Å². The molecule has 1 atom stereocenters. The number of hydrogen-bond acceptors (Lipinski definition) is 3. The Hall–Kier alpha value is -1.85. The maximum Gasteiger partial charge on any atom is 0.243 e. The van der Waals surface area contributed by atoms with Gasteiger partial charge in [-0.05, 0) is 37.6 Å². The molecule has 1 aliphatic heterocycles. The van der Waals surface area contributed by atoms with Gasteiger partial charge in [0.2, 0.25) is 10.0 Å². The molecule has 122 valence electrons. The Bertz CT molecular complexity index is 800. The van der Waals surface area contributed by atoms with Crippen LogP contribution in [0.1, 0.15) is 18.1 Å². The molecule has 0 saturated carbocycles. The van der Waals surface area contributed by atoms with E-state index in [1.165, 1.54) is 0 Å². The fourth-order valence-electron chi connectivity index (χ4n) is 2.94. The van der Waals surface area contributed by atoms with Crippen LogP contribution in [0.4, 0.5) is 5.69 Å². The monoisotopic (exact) mass is 330 g/mol. The second kappa shape index (κ2) is 5.98. The van der Waals surface area contributed by atoms with Crippen LogP contribution in [0.2, 0.25) is 0 Å². The summed E-state index contributed by atoms with van der Waals surface area (Å²) in [5, 5.41) is 0. The van der Waals surface area contributed by atoms with Gasteiger partial charge in [-0.2, -0.15) is 4.31 Å². The van der Waals surface area contributed by atoms with Gasteiger partial charge in [-0.1, -0.05) is 35.9 Å². The molecule has 0 radical (unpaired) electrons. The van der Waals surface area contributed by atoms with Crippen molar-refractivity contribution in [1.82, 2.24) is 4.31 Å². The Kier molecular flexibility index (Phi) is 4.17. The predicted octanol–water partition coefficient (Wildman–Crippen LogP) is 3.02. The molecule has 1 unspecified atom stereocenters. The van der Waals surface area contributed by atoms with Crippen molar-refractivity contribution in [3.63, 3.8) is 0 Å². The van der Waals surface area contributed by atoms with E-state index in [1.54, 1.807) is 16.4 Å². The van der Waals surface area contributed by atoms with Gasteiger partial charge >= 0.3 is 0 Å². The topological polar surface area (TPSA) is 40.6 Å². The third kappa shape index (κ3) is 2.99. The summed E-state index contributed by atoms with van der Waals surface area (Å²) in [5.41, 5.74) is 3.19. The van der Waals surface area contributed by atoms with Gasteiger partial charge in [0.1, 0.15) is 0 Å². The van der Waals surface area contributed by atoms with Gasteiger partial charge in [0.15, 0.2) is 0 Å². The minimum absolute atomic E-state index is 0.110. The Balaban J connectivity index is 2.01. The first-order valence-corrected chi connectivity index (χ1v) is 9.21. The number of sulfonamides is 1. The number of benzene rings is 2. The highest BCUT2D eigenvalue weighted by atomic mass is 32.2. The van der Waals surface area contributed by atoms with Crippen LogP contribution < -0.4 is 4.90 Å². The van der Waals surface area contributed by atoms with Gasteiger partial charge in [-0.15, -0.1) is 0 Å². The number of hydrogen-bond donors (Lipinski definition) is 0. The largest absolute Gasteiger partial charge is 0.370 e. The first kappa shape index (κ1) is 16.0. The molecular weight excluding hydrogens is 308 g/mol. The second-order valence-corrected chi connectivity index (χ2v) is 8.14. The van der Waals surface area contributed by atoms with Gasteiger partial charge in [-0.25, -0.2) is 8.42 Å². The van der Waals surface area contributed by atoms with Crippen LogP contribution in [-0.4, -0.2) is 32.4 Å². The third-order valence-corrected chi connectivity index (χ3v) is 6.33. The summed E-state index contributed by atoms with van der Waals surface area (Å²) in [6, 6.07) is 15.2. The van der Waals surface area contributed by atoms with E-state index in [9.17, 15) is 8.42 Å². The van der Waals surface area contributed by atoms with Crippen molar-refractivity contribution in [2.45, 2.75) is 31.3 Å². The summed E-state index contributed by atoms with van der Waals surface area (Å²) >= 11 is 0. The highest BCUT2D eigenvalue weighted by Gasteiger charge is 2.31. The average Bonchev–Trinajstić information content (AvgIpc) is 2.66. The number of likely N-dealkylation sites (N-methyl/N-ethyl adjacent to an activating group) is 1. The molecule has 2 aromatic carbocycles. The van der Waals surface area contributed by atoms with Crippen LogP contribution in [0.15, 0.2) is 53.4 Å². The molecule has 0 fully saturated rings. The van der Waals surface area contributed by atoms with Crippen molar-refractivity contribution in [1.29, 1.82) is 0 Å². The summed E-state index contributed by atoms with van der Waals surface area (Å²) in [6.45, 7) is 4.89. The van der Waals surface area contributed by atoms with Gasteiger partial charge in [0.05, 0.1) is 4.90 Å². The number of aryl methyl sites for hydroxylation is 1. The molecule has 0 amide bonds. The molecule has 4 nitrogen and oxygen atoms in total. The lowest BCUT2D eigenvalue weighted by Crippen LogP contribution is -2.40. The molecule has 1 heterocycles. The number of nitrogens with zero attached hydrogens (tertiary/aromatic N) is 2. The molecule has 23 heavy (non-hydrogen) atoms. The maximum absolute atomic E-state index is 13.0. The smallest absolute Gasteiger partial charge is 0.243 e. The Morgan fingerprint density at radius 3 is 2.39 bits per heavy atom. The summed E-state index contributed by atoms with van der Waals surface area (Å²) in [7, 11) is -1.48. The first-order valence-electron chi connectivity index (χ1n) is 7.77. The summed E-state index contributed by atoms with van der Waals surface area (Å²) in [5.74, 6) is 0. The molecule has 5 heteroatoms. The molecule has 1 aliphatic rings. The summed E-state index contributed by atoms with van der Waals surface area (Å²) in [4.78, 5) is 2.51. The Morgan fingerprint density at radius 2 is 1.70 bits per heavy atom. The molecule has 0 N–H and O–H groups in total. The number of para-hydroxylation sites is 1. The van der Waals surface area contributed by atoms with Crippen LogP contribution in [0.3, 0.4) is 0 Å². The van der Waals surface area contributed by atoms with Crippen molar-refractivity contribution in [3.05, 3.63) is 59.7 Å². The fraction of sp³-hybridized carbons (Fsp3) is 0.333. The van der Waals surface area contributed by atoms with Crippen LogP contribution in [0.5, 0.6) is 0 Å². The van der Waals surface area contributed by atoms with Crippen LogP contribution in [-0.2, 0) is 16.6 Å². The lowest BCUT2D eigenvalue weighted by molar-refractivity contribution is 0.392. The average molecular weight is 330 g/mol. The molecule has 0 aliphatic carbocycles. The lowest BCUT2D eigenvalue weighted by atomic mass is 10.1. The van der Waals surface area contributed by atoms with Gasteiger partial charge in [-0.3, -0.25) is 0 Å². The fourth-order valence-corrected chi connectivity index (χ4v) is 4.44. The van der Waals surface area contributed by atoms with E-state index in [0.29, 0.717) is 18.0 Å². The van der Waals surface area contributed by atoms with Gasteiger partial charge < -0.3 is 4.90 Å². The van der Waals surface area contributed by atoms with Gasteiger partial charge in [0.25, 0.3) is 0 Å². The molecule has 0 aromatic heterocycles. The highest BCUT2D eigenvalue weighted by Crippen LogP contribution is 2.29. The van der Waals surface area contributed by atoms with Crippen LogP contribution in [0.25, 0.3) is 0 Å². The second-order valence-electron chi connectivity index (χ2n) is 6.20. The molecular formula is C18H22N2O2S. The molecule has 3 rings (SSSR count). The number of rotatable bonds is 2. The normalized spacial score (nSPS) is 19.3. The standard InChI is InChI=1S/C18H22N2O2S/c1-14-8-10-17(11-9-14)23(21,22)20-12-15(2)19(3)18-7-5-4-6-16(18)13-20/h4-11,15H,12-13H2,1-3H3. The number of fused-ring (bicyclic) bond motifs is 1. The minimum atomic E-state index is -3.49. The van der Waals surface area contributed by atoms with E-state index < -0.39 is 10.0 Å².